The van der Waals surface area contributed by atoms with Crippen LogP contribution in [0.1, 0.15) is 44.1 Å². The van der Waals surface area contributed by atoms with E-state index >= 15 is 0 Å². The van der Waals surface area contributed by atoms with Crippen LogP contribution < -0.4 is 15.5 Å². The summed E-state index contributed by atoms with van der Waals surface area (Å²) in [4.78, 5) is 27.5. The number of benzene rings is 2. The molecule has 2 fully saturated rings. The molecule has 4 rings (SSSR count). The predicted molar refractivity (Wildman–Crippen MR) is 119 cm³/mol. The van der Waals surface area contributed by atoms with E-state index in [2.05, 4.69) is 22.8 Å². The lowest BCUT2D eigenvalue weighted by molar-refractivity contribution is -0.131. The lowest BCUT2D eigenvalue weighted by atomic mass is 9.82. The molecule has 1 aliphatic heterocycles. The molecular formula is C25H31N3O2. The van der Waals surface area contributed by atoms with Crippen LogP contribution in [0, 0.1) is 5.92 Å². The van der Waals surface area contributed by atoms with Crippen molar-refractivity contribution in [1.29, 1.82) is 0 Å². The molecule has 0 aromatic heterocycles. The topological polar surface area (TPSA) is 61.4 Å². The molecule has 0 bridgehead atoms. The van der Waals surface area contributed by atoms with E-state index in [1.54, 1.807) is 0 Å². The highest BCUT2D eigenvalue weighted by Gasteiger charge is 2.37. The van der Waals surface area contributed by atoms with Crippen molar-refractivity contribution in [3.05, 3.63) is 66.2 Å². The van der Waals surface area contributed by atoms with Gasteiger partial charge in [0, 0.05) is 24.7 Å². The molecule has 2 aliphatic rings. The van der Waals surface area contributed by atoms with Crippen LogP contribution in [0.15, 0.2) is 60.7 Å². The third kappa shape index (κ3) is 5.08. The lowest BCUT2D eigenvalue weighted by Crippen LogP contribution is -2.62. The van der Waals surface area contributed by atoms with Crippen molar-refractivity contribution in [1.82, 2.24) is 10.6 Å². The van der Waals surface area contributed by atoms with E-state index in [4.69, 9.17) is 0 Å². The summed E-state index contributed by atoms with van der Waals surface area (Å²) in [7, 11) is 0. The molecule has 158 valence electrons. The maximum absolute atomic E-state index is 13.2. The van der Waals surface area contributed by atoms with Crippen LogP contribution in [0.4, 0.5) is 5.69 Å². The number of carbonyl (C=O) groups excluding carboxylic acids is 2. The van der Waals surface area contributed by atoms with Crippen LogP contribution in [0.25, 0.3) is 0 Å². The van der Waals surface area contributed by atoms with Crippen LogP contribution >= 0.6 is 0 Å². The SMILES string of the molecule is O=C1NC(CCC(=O)N(CCc2ccccc2)c2ccccc2)NC2CCCCC12. The molecule has 2 aromatic rings. The van der Waals surface area contributed by atoms with E-state index in [1.807, 2.05) is 53.4 Å². The molecule has 2 amide bonds. The van der Waals surface area contributed by atoms with Gasteiger partial charge >= 0.3 is 0 Å². The Balaban J connectivity index is 1.37. The third-order valence-corrected chi connectivity index (χ3v) is 6.32. The van der Waals surface area contributed by atoms with Gasteiger partial charge in [-0.2, -0.15) is 0 Å². The summed E-state index contributed by atoms with van der Waals surface area (Å²) >= 11 is 0. The van der Waals surface area contributed by atoms with Crippen LogP contribution in [0.3, 0.4) is 0 Å². The van der Waals surface area contributed by atoms with E-state index < -0.39 is 0 Å². The lowest BCUT2D eigenvalue weighted by Gasteiger charge is -2.40. The Bertz CT molecular complexity index is 840. The van der Waals surface area contributed by atoms with Gasteiger partial charge in [0.05, 0.1) is 12.1 Å². The number of carbonyl (C=O) groups is 2. The van der Waals surface area contributed by atoms with Gasteiger partial charge in [0.15, 0.2) is 0 Å². The van der Waals surface area contributed by atoms with Gasteiger partial charge in [0.2, 0.25) is 11.8 Å². The molecule has 3 atom stereocenters. The standard InChI is InChI=1S/C25H31N3O2/c29-24(16-15-23-26-22-14-8-7-13-21(22)25(30)27-23)28(20-11-5-2-6-12-20)18-17-19-9-3-1-4-10-19/h1-6,9-12,21-23,26H,7-8,13-18H2,(H,27,30). The Labute approximate surface area is 178 Å². The Morgan fingerprint density at radius 3 is 2.43 bits per heavy atom. The second-order valence-corrected chi connectivity index (χ2v) is 8.38. The predicted octanol–water partition coefficient (Wildman–Crippen LogP) is 3.65. The molecule has 1 aliphatic carbocycles. The van der Waals surface area contributed by atoms with E-state index in [1.165, 1.54) is 12.0 Å². The summed E-state index contributed by atoms with van der Waals surface area (Å²) in [6.07, 6.45) is 6.03. The zero-order valence-corrected chi connectivity index (χ0v) is 17.4. The fourth-order valence-electron chi connectivity index (χ4n) is 4.67. The summed E-state index contributed by atoms with van der Waals surface area (Å²) in [5, 5.41) is 6.66. The number of hydrogen-bond donors (Lipinski definition) is 2. The van der Waals surface area contributed by atoms with Gasteiger partial charge in [-0.15, -0.1) is 0 Å². The molecule has 1 heterocycles. The Kier molecular flexibility index (Phi) is 6.80. The third-order valence-electron chi connectivity index (χ3n) is 6.32. The van der Waals surface area contributed by atoms with Crippen molar-refractivity contribution in [3.8, 4) is 0 Å². The molecule has 1 saturated carbocycles. The van der Waals surface area contributed by atoms with Crippen molar-refractivity contribution in [2.75, 3.05) is 11.4 Å². The van der Waals surface area contributed by atoms with Crippen LogP contribution in [0.5, 0.6) is 0 Å². The van der Waals surface area contributed by atoms with Gasteiger partial charge in [-0.1, -0.05) is 61.4 Å². The molecule has 2 aromatic carbocycles. The molecule has 30 heavy (non-hydrogen) atoms. The van der Waals surface area contributed by atoms with E-state index in [0.717, 1.165) is 31.4 Å². The first-order chi connectivity index (χ1) is 14.7. The van der Waals surface area contributed by atoms with Gasteiger partial charge in [0.1, 0.15) is 0 Å². The first-order valence-corrected chi connectivity index (χ1v) is 11.2. The summed E-state index contributed by atoms with van der Waals surface area (Å²) in [5.74, 6) is 0.344. The van der Waals surface area contributed by atoms with E-state index in [0.29, 0.717) is 19.4 Å². The van der Waals surface area contributed by atoms with Crippen molar-refractivity contribution < 1.29 is 9.59 Å². The molecular weight excluding hydrogens is 374 g/mol. The quantitative estimate of drug-likeness (QED) is 0.739. The van der Waals surface area contributed by atoms with Gasteiger partial charge in [-0.25, -0.2) is 0 Å². The average molecular weight is 406 g/mol. The molecule has 1 saturated heterocycles. The van der Waals surface area contributed by atoms with Gasteiger partial charge in [0.25, 0.3) is 0 Å². The molecule has 5 nitrogen and oxygen atoms in total. The van der Waals surface area contributed by atoms with Gasteiger partial charge in [-0.3, -0.25) is 14.9 Å². The first kappa shape index (κ1) is 20.6. The van der Waals surface area contributed by atoms with Crippen molar-refractivity contribution >= 4 is 17.5 Å². The highest BCUT2D eigenvalue weighted by atomic mass is 16.2. The number of rotatable bonds is 7. The molecule has 0 radical (unpaired) electrons. The minimum Gasteiger partial charge on any atom is -0.340 e. The minimum absolute atomic E-state index is 0.0948. The largest absolute Gasteiger partial charge is 0.340 e. The summed E-state index contributed by atoms with van der Waals surface area (Å²) in [5.41, 5.74) is 2.14. The Morgan fingerprint density at radius 2 is 1.67 bits per heavy atom. The van der Waals surface area contributed by atoms with E-state index in [-0.39, 0.29) is 29.9 Å². The summed E-state index contributed by atoms with van der Waals surface area (Å²) < 4.78 is 0. The van der Waals surface area contributed by atoms with Crippen molar-refractivity contribution in [2.24, 2.45) is 5.92 Å². The fourth-order valence-corrected chi connectivity index (χ4v) is 4.67. The Hall–Kier alpha value is -2.66. The number of hydrogen-bond acceptors (Lipinski definition) is 3. The second-order valence-electron chi connectivity index (χ2n) is 8.38. The molecule has 2 N–H and O–H groups in total. The molecule has 3 unspecified atom stereocenters. The van der Waals surface area contributed by atoms with Crippen molar-refractivity contribution in [3.63, 3.8) is 0 Å². The fraction of sp³-hybridized carbons (Fsp3) is 0.440. The summed E-state index contributed by atoms with van der Waals surface area (Å²) in [6, 6.07) is 20.4. The van der Waals surface area contributed by atoms with Crippen LogP contribution in [-0.4, -0.2) is 30.6 Å². The smallest absolute Gasteiger partial charge is 0.227 e. The number of nitrogens with one attached hydrogen (secondary N) is 2. The van der Waals surface area contributed by atoms with Crippen LogP contribution in [-0.2, 0) is 16.0 Å². The average Bonchev–Trinajstić information content (AvgIpc) is 2.79. The maximum Gasteiger partial charge on any atom is 0.227 e. The number of anilines is 1. The van der Waals surface area contributed by atoms with E-state index in [9.17, 15) is 9.59 Å². The maximum atomic E-state index is 13.2. The number of para-hydroxylation sites is 1. The van der Waals surface area contributed by atoms with Gasteiger partial charge < -0.3 is 10.2 Å². The molecule has 0 spiro atoms. The number of amides is 2. The minimum atomic E-state index is -0.118. The zero-order valence-electron chi connectivity index (χ0n) is 17.4. The second kappa shape index (κ2) is 9.90. The first-order valence-electron chi connectivity index (χ1n) is 11.2. The zero-order chi connectivity index (χ0) is 20.8. The monoisotopic (exact) mass is 405 g/mol. The van der Waals surface area contributed by atoms with Crippen LogP contribution in [0.2, 0.25) is 0 Å². The summed E-state index contributed by atoms with van der Waals surface area (Å²) in [6.45, 7) is 0.641. The number of fused-ring (bicyclic) bond motifs is 1. The normalized spacial score (nSPS) is 23.3. The Morgan fingerprint density at radius 1 is 0.967 bits per heavy atom. The van der Waals surface area contributed by atoms with Gasteiger partial charge in [-0.05, 0) is 43.4 Å². The number of nitrogens with zero attached hydrogens (tertiary/aromatic N) is 1. The molecule has 5 heteroatoms. The highest BCUT2D eigenvalue weighted by Crippen LogP contribution is 2.27. The van der Waals surface area contributed by atoms with Crippen molar-refractivity contribution in [2.45, 2.75) is 57.2 Å². The highest BCUT2D eigenvalue weighted by molar-refractivity contribution is 5.93.